The van der Waals surface area contributed by atoms with Crippen molar-refractivity contribution < 1.29 is 14.7 Å². The maximum atomic E-state index is 12.0. The van der Waals surface area contributed by atoms with Crippen molar-refractivity contribution >= 4 is 12.0 Å². The molecule has 1 heterocycles. The average molecular weight is 257 g/mol. The molecular formula is C12H23N3O3. The van der Waals surface area contributed by atoms with Crippen LogP contribution in [0.4, 0.5) is 4.79 Å². The Hall–Kier alpha value is -1.30. The fraction of sp³-hybridized carbons (Fsp3) is 0.833. The Morgan fingerprint density at radius 1 is 1.50 bits per heavy atom. The fourth-order valence-corrected chi connectivity index (χ4v) is 2.32. The molecule has 0 aromatic heterocycles. The van der Waals surface area contributed by atoms with E-state index in [-0.39, 0.29) is 24.5 Å². The van der Waals surface area contributed by atoms with E-state index in [1.54, 1.807) is 6.92 Å². The van der Waals surface area contributed by atoms with Crippen LogP contribution in [-0.4, -0.2) is 66.2 Å². The lowest BCUT2D eigenvalue weighted by Gasteiger charge is -2.28. The van der Waals surface area contributed by atoms with Crippen LogP contribution in [0.25, 0.3) is 0 Å². The third kappa shape index (κ3) is 4.52. The number of urea groups is 1. The van der Waals surface area contributed by atoms with Crippen molar-refractivity contribution in [2.45, 2.75) is 38.3 Å². The van der Waals surface area contributed by atoms with E-state index in [0.29, 0.717) is 0 Å². The summed E-state index contributed by atoms with van der Waals surface area (Å²) in [6.45, 7) is 3.31. The molecule has 104 valence electrons. The van der Waals surface area contributed by atoms with Crippen LogP contribution in [0.5, 0.6) is 0 Å². The van der Waals surface area contributed by atoms with Gasteiger partial charge >= 0.3 is 12.0 Å². The summed E-state index contributed by atoms with van der Waals surface area (Å²) in [5.74, 6) is -0.894. The summed E-state index contributed by atoms with van der Waals surface area (Å²) < 4.78 is 0. The van der Waals surface area contributed by atoms with Crippen LogP contribution in [0.1, 0.15) is 26.2 Å². The summed E-state index contributed by atoms with van der Waals surface area (Å²) in [5, 5.41) is 11.4. The minimum absolute atomic E-state index is 0.0437. The van der Waals surface area contributed by atoms with Gasteiger partial charge in [0.1, 0.15) is 0 Å². The number of amides is 2. The van der Waals surface area contributed by atoms with E-state index in [1.807, 2.05) is 19.0 Å². The molecule has 2 atom stereocenters. The van der Waals surface area contributed by atoms with E-state index < -0.39 is 5.97 Å². The van der Waals surface area contributed by atoms with Crippen LogP contribution in [0.2, 0.25) is 0 Å². The summed E-state index contributed by atoms with van der Waals surface area (Å²) in [7, 11) is 3.98. The molecule has 2 N–H and O–H groups in total. The lowest BCUT2D eigenvalue weighted by Crippen LogP contribution is -2.49. The molecular weight excluding hydrogens is 234 g/mol. The van der Waals surface area contributed by atoms with E-state index in [2.05, 4.69) is 10.2 Å². The number of carbonyl (C=O) groups is 2. The lowest BCUT2D eigenvalue weighted by molar-refractivity contribution is -0.137. The average Bonchev–Trinajstić information content (AvgIpc) is 2.62. The van der Waals surface area contributed by atoms with Gasteiger partial charge in [-0.25, -0.2) is 4.79 Å². The monoisotopic (exact) mass is 257 g/mol. The zero-order valence-electron chi connectivity index (χ0n) is 11.3. The molecule has 1 aliphatic rings. The molecule has 1 aliphatic heterocycles. The Kier molecular flexibility index (Phi) is 5.40. The van der Waals surface area contributed by atoms with Gasteiger partial charge in [0.05, 0.1) is 6.42 Å². The molecule has 2 amide bonds. The molecule has 6 heteroatoms. The van der Waals surface area contributed by atoms with E-state index in [4.69, 9.17) is 5.11 Å². The van der Waals surface area contributed by atoms with E-state index in [1.165, 1.54) is 0 Å². The second-order valence-electron chi connectivity index (χ2n) is 5.20. The van der Waals surface area contributed by atoms with Crippen LogP contribution < -0.4 is 5.32 Å². The van der Waals surface area contributed by atoms with Crippen LogP contribution >= 0.6 is 0 Å². The molecule has 1 rings (SSSR count). The minimum atomic E-state index is -0.894. The van der Waals surface area contributed by atoms with E-state index in [0.717, 1.165) is 25.9 Å². The highest BCUT2D eigenvalue weighted by atomic mass is 16.4. The number of aliphatic carboxylic acids is 1. The highest BCUT2D eigenvalue weighted by Gasteiger charge is 2.29. The first-order valence-electron chi connectivity index (χ1n) is 6.33. The first-order chi connectivity index (χ1) is 8.40. The van der Waals surface area contributed by atoms with Gasteiger partial charge in [0.15, 0.2) is 0 Å². The molecule has 0 aromatic carbocycles. The highest BCUT2D eigenvalue weighted by Crippen LogP contribution is 2.17. The Labute approximate surface area is 108 Å². The predicted octanol–water partition coefficient (Wildman–Crippen LogP) is 0.585. The first-order valence-corrected chi connectivity index (χ1v) is 6.33. The van der Waals surface area contributed by atoms with E-state index >= 15 is 0 Å². The van der Waals surface area contributed by atoms with E-state index in [9.17, 15) is 9.59 Å². The summed E-state index contributed by atoms with van der Waals surface area (Å²) in [5.41, 5.74) is 0. The molecule has 0 aromatic rings. The van der Waals surface area contributed by atoms with Gasteiger partial charge in [0.25, 0.3) is 0 Å². The van der Waals surface area contributed by atoms with Crippen LogP contribution in [0, 0.1) is 0 Å². The van der Waals surface area contributed by atoms with Crippen LogP contribution in [0.3, 0.4) is 0 Å². The number of nitrogens with one attached hydrogen (secondary N) is 1. The number of rotatable bonds is 5. The van der Waals surface area contributed by atoms with Crippen molar-refractivity contribution in [3.63, 3.8) is 0 Å². The van der Waals surface area contributed by atoms with Gasteiger partial charge in [-0.05, 0) is 33.9 Å². The molecule has 0 spiro atoms. The Morgan fingerprint density at radius 3 is 2.72 bits per heavy atom. The molecule has 0 saturated carbocycles. The van der Waals surface area contributed by atoms with Gasteiger partial charge in [-0.2, -0.15) is 0 Å². The number of carboxylic acid groups (broad SMARTS) is 1. The third-order valence-electron chi connectivity index (χ3n) is 3.06. The number of carbonyl (C=O) groups excluding carboxylic acids is 1. The second kappa shape index (κ2) is 6.58. The SMILES string of the molecule is CC(CC(=O)O)NC(=O)N1CCCC1CN(C)C. The second-order valence-corrected chi connectivity index (χ2v) is 5.20. The smallest absolute Gasteiger partial charge is 0.317 e. The third-order valence-corrected chi connectivity index (χ3v) is 3.06. The van der Waals surface area contributed by atoms with Gasteiger partial charge in [-0.1, -0.05) is 0 Å². The topological polar surface area (TPSA) is 72.9 Å². The molecule has 2 unspecified atom stereocenters. The quantitative estimate of drug-likeness (QED) is 0.756. The molecule has 0 aliphatic carbocycles. The summed E-state index contributed by atoms with van der Waals surface area (Å²) in [6, 6.07) is -0.249. The van der Waals surface area contributed by atoms with Gasteiger partial charge in [-0.3, -0.25) is 4.79 Å². The lowest BCUT2D eigenvalue weighted by atomic mass is 10.2. The van der Waals surface area contributed by atoms with Gasteiger partial charge in [0, 0.05) is 25.2 Å². The maximum Gasteiger partial charge on any atom is 0.317 e. The standard InChI is InChI=1S/C12H23N3O3/c1-9(7-11(16)17)13-12(18)15-6-4-5-10(15)8-14(2)3/h9-10H,4-8H2,1-3H3,(H,13,18)(H,16,17). The van der Waals surface area contributed by atoms with Crippen molar-refractivity contribution in [2.24, 2.45) is 0 Å². The zero-order chi connectivity index (χ0) is 13.7. The molecule has 6 nitrogen and oxygen atoms in total. The van der Waals surface area contributed by atoms with Gasteiger partial charge in [0.2, 0.25) is 0 Å². The number of likely N-dealkylation sites (N-methyl/N-ethyl adjacent to an activating group) is 1. The fourth-order valence-electron chi connectivity index (χ4n) is 2.32. The number of likely N-dealkylation sites (tertiary alicyclic amines) is 1. The van der Waals surface area contributed by atoms with Crippen molar-refractivity contribution in [1.82, 2.24) is 15.1 Å². The molecule has 0 radical (unpaired) electrons. The number of carboxylic acids is 1. The largest absolute Gasteiger partial charge is 0.481 e. The molecule has 1 saturated heterocycles. The number of hydrogen-bond donors (Lipinski definition) is 2. The minimum Gasteiger partial charge on any atom is -0.481 e. The molecule has 0 bridgehead atoms. The van der Waals surface area contributed by atoms with Gasteiger partial charge in [-0.15, -0.1) is 0 Å². The predicted molar refractivity (Wildman–Crippen MR) is 68.5 cm³/mol. The normalized spacial score (nSPS) is 21.1. The van der Waals surface area contributed by atoms with Crippen LogP contribution in [0.15, 0.2) is 0 Å². The first kappa shape index (κ1) is 14.8. The Balaban J connectivity index is 2.47. The van der Waals surface area contributed by atoms with Crippen molar-refractivity contribution in [2.75, 3.05) is 27.2 Å². The number of nitrogens with zero attached hydrogens (tertiary/aromatic N) is 2. The Bertz CT molecular complexity index is 307. The summed E-state index contributed by atoms with van der Waals surface area (Å²) >= 11 is 0. The van der Waals surface area contributed by atoms with Crippen LogP contribution in [-0.2, 0) is 4.79 Å². The molecule has 18 heavy (non-hydrogen) atoms. The van der Waals surface area contributed by atoms with Crippen molar-refractivity contribution in [3.8, 4) is 0 Å². The summed E-state index contributed by atoms with van der Waals surface area (Å²) in [4.78, 5) is 26.5. The maximum absolute atomic E-state index is 12.0. The van der Waals surface area contributed by atoms with Crippen molar-refractivity contribution in [3.05, 3.63) is 0 Å². The van der Waals surface area contributed by atoms with Gasteiger partial charge < -0.3 is 20.2 Å². The molecule has 1 fully saturated rings. The zero-order valence-corrected chi connectivity index (χ0v) is 11.3. The van der Waals surface area contributed by atoms with Crippen molar-refractivity contribution in [1.29, 1.82) is 0 Å². The Morgan fingerprint density at radius 2 is 2.17 bits per heavy atom. The number of hydrogen-bond acceptors (Lipinski definition) is 3. The highest BCUT2D eigenvalue weighted by molar-refractivity contribution is 5.76. The summed E-state index contributed by atoms with van der Waals surface area (Å²) in [6.07, 6.45) is 1.98.